The van der Waals surface area contributed by atoms with Crippen LogP contribution in [-0.4, -0.2) is 35.2 Å². The maximum atomic E-state index is 6.86. The zero-order chi connectivity index (χ0) is 25.1. The SMILES string of the molecule is CC(C)[Si](OC[C@H]1C[C@H](C[Si](c2ccccc2)(c2ccccc2)C(C)(C)C)O1)(C(C)C)C(C)C. The molecule has 1 saturated heterocycles. The highest BCUT2D eigenvalue weighted by Gasteiger charge is 2.51. The van der Waals surface area contributed by atoms with Crippen LogP contribution in [0, 0.1) is 0 Å². The van der Waals surface area contributed by atoms with Crippen LogP contribution in [0.25, 0.3) is 0 Å². The Labute approximate surface area is 211 Å². The van der Waals surface area contributed by atoms with Crippen LogP contribution in [-0.2, 0) is 9.16 Å². The Hall–Kier alpha value is -1.21. The van der Waals surface area contributed by atoms with Gasteiger partial charge in [-0.15, -0.1) is 0 Å². The molecule has 4 heteroatoms. The summed E-state index contributed by atoms with van der Waals surface area (Å²) >= 11 is 0. The maximum Gasteiger partial charge on any atom is 0.200 e. The number of hydrogen-bond acceptors (Lipinski definition) is 2. The minimum absolute atomic E-state index is 0.176. The average Bonchev–Trinajstić information content (AvgIpc) is 2.74. The molecule has 0 amide bonds. The van der Waals surface area contributed by atoms with E-state index in [0.717, 1.165) is 19.1 Å². The first kappa shape index (κ1) is 27.4. The molecule has 0 aliphatic carbocycles. The van der Waals surface area contributed by atoms with E-state index in [2.05, 4.69) is 123 Å². The fourth-order valence-corrected chi connectivity index (χ4v) is 18.0. The van der Waals surface area contributed by atoms with Gasteiger partial charge in [0.1, 0.15) is 8.07 Å². The molecule has 34 heavy (non-hydrogen) atoms. The number of hydrogen-bond donors (Lipinski definition) is 0. The molecule has 2 aromatic carbocycles. The molecule has 0 spiro atoms. The Morgan fingerprint density at radius 1 is 0.765 bits per heavy atom. The standard InChI is InChI=1S/C30H48O2Si2/c1-23(2)34(24(3)4,25(5)6)31-21-26-20-27(32-26)22-33(30(7,8)9,28-16-12-10-13-17-28)29-18-14-11-15-19-29/h10-19,23-27H,20-22H2,1-9H3/t26-,27-/m1/s1. The van der Waals surface area contributed by atoms with E-state index in [0.29, 0.717) is 22.7 Å². The van der Waals surface area contributed by atoms with Crippen LogP contribution in [0.1, 0.15) is 68.7 Å². The number of ether oxygens (including phenoxy) is 1. The number of rotatable bonds is 10. The van der Waals surface area contributed by atoms with Gasteiger partial charge < -0.3 is 9.16 Å². The van der Waals surface area contributed by atoms with Gasteiger partial charge in [0.25, 0.3) is 0 Å². The van der Waals surface area contributed by atoms with Crippen LogP contribution in [0.5, 0.6) is 0 Å². The van der Waals surface area contributed by atoms with E-state index in [1.165, 1.54) is 10.4 Å². The van der Waals surface area contributed by atoms with E-state index in [4.69, 9.17) is 9.16 Å². The molecule has 1 heterocycles. The summed E-state index contributed by atoms with van der Waals surface area (Å²) in [6.45, 7) is 22.2. The molecule has 2 nitrogen and oxygen atoms in total. The van der Waals surface area contributed by atoms with Gasteiger partial charge in [0.2, 0.25) is 0 Å². The highest BCUT2D eigenvalue weighted by Crippen LogP contribution is 2.45. The highest BCUT2D eigenvalue weighted by molar-refractivity contribution is 7.04. The van der Waals surface area contributed by atoms with E-state index >= 15 is 0 Å². The van der Waals surface area contributed by atoms with Gasteiger partial charge in [0, 0.05) is 6.42 Å². The average molecular weight is 497 g/mol. The second-order valence-electron chi connectivity index (χ2n) is 12.3. The predicted molar refractivity (Wildman–Crippen MR) is 153 cm³/mol. The molecule has 1 aliphatic heterocycles. The third kappa shape index (κ3) is 5.16. The van der Waals surface area contributed by atoms with Crippen molar-refractivity contribution in [2.45, 2.75) is 109 Å². The monoisotopic (exact) mass is 496 g/mol. The lowest BCUT2D eigenvalue weighted by Gasteiger charge is -2.50. The summed E-state index contributed by atoms with van der Waals surface area (Å²) in [7, 11) is -3.93. The molecule has 188 valence electrons. The smallest absolute Gasteiger partial charge is 0.200 e. The first-order valence-corrected chi connectivity index (χ1v) is 17.7. The van der Waals surface area contributed by atoms with E-state index < -0.39 is 16.4 Å². The summed E-state index contributed by atoms with van der Waals surface area (Å²) in [6, 6.07) is 23.7. The second kappa shape index (κ2) is 10.8. The summed E-state index contributed by atoms with van der Waals surface area (Å²) in [5.41, 5.74) is 1.83. The maximum absolute atomic E-state index is 6.86. The molecule has 0 bridgehead atoms. The zero-order valence-corrected chi connectivity index (χ0v) is 25.1. The molecule has 2 aromatic rings. The van der Waals surface area contributed by atoms with E-state index in [1.807, 2.05) is 0 Å². The molecule has 0 saturated carbocycles. The molecule has 2 atom stereocenters. The van der Waals surface area contributed by atoms with E-state index in [1.54, 1.807) is 0 Å². The minimum atomic E-state index is -2.08. The van der Waals surface area contributed by atoms with Crippen LogP contribution in [0.2, 0.25) is 27.7 Å². The van der Waals surface area contributed by atoms with Crippen LogP contribution >= 0.6 is 0 Å². The Balaban J connectivity index is 1.79. The molecular weight excluding hydrogens is 449 g/mol. The lowest BCUT2D eigenvalue weighted by molar-refractivity contribution is -0.131. The van der Waals surface area contributed by atoms with Crippen LogP contribution in [0.4, 0.5) is 0 Å². The van der Waals surface area contributed by atoms with Gasteiger partial charge in [-0.2, -0.15) is 0 Å². The predicted octanol–water partition coefficient (Wildman–Crippen LogP) is 7.40. The van der Waals surface area contributed by atoms with Gasteiger partial charge in [-0.3, -0.25) is 0 Å². The Bertz CT molecular complexity index is 820. The summed E-state index contributed by atoms with van der Waals surface area (Å²) < 4.78 is 13.5. The van der Waals surface area contributed by atoms with Crippen molar-refractivity contribution in [1.82, 2.24) is 0 Å². The molecule has 3 rings (SSSR count). The Kier molecular flexibility index (Phi) is 8.71. The van der Waals surface area contributed by atoms with Gasteiger partial charge in [0.05, 0.1) is 18.8 Å². The van der Waals surface area contributed by atoms with Crippen molar-refractivity contribution in [3.05, 3.63) is 60.7 Å². The largest absolute Gasteiger partial charge is 0.413 e. The summed E-state index contributed by atoms with van der Waals surface area (Å²) in [5.74, 6) is 0. The van der Waals surface area contributed by atoms with Gasteiger partial charge in [-0.1, -0.05) is 133 Å². The van der Waals surface area contributed by atoms with Crippen molar-refractivity contribution in [2.24, 2.45) is 0 Å². The molecular formula is C30H48O2Si2. The molecule has 0 unspecified atom stereocenters. The van der Waals surface area contributed by atoms with Gasteiger partial charge in [0.15, 0.2) is 8.32 Å². The van der Waals surface area contributed by atoms with Crippen molar-refractivity contribution in [3.63, 3.8) is 0 Å². The van der Waals surface area contributed by atoms with Crippen molar-refractivity contribution >= 4 is 26.8 Å². The first-order chi connectivity index (χ1) is 15.9. The molecule has 0 radical (unpaired) electrons. The quantitative estimate of drug-likeness (QED) is 0.319. The summed E-state index contributed by atoms with van der Waals surface area (Å²) in [4.78, 5) is 0. The second-order valence-corrected chi connectivity index (χ2v) is 22.7. The molecule has 0 N–H and O–H groups in total. The van der Waals surface area contributed by atoms with Gasteiger partial charge in [-0.05, 0) is 27.7 Å². The summed E-state index contributed by atoms with van der Waals surface area (Å²) in [5, 5.41) is 3.21. The first-order valence-electron chi connectivity index (χ1n) is 13.4. The van der Waals surface area contributed by atoms with Crippen LogP contribution in [0.3, 0.4) is 0 Å². The normalized spacial score (nSPS) is 19.6. The molecule has 1 aliphatic rings. The fourth-order valence-electron chi connectivity index (χ4n) is 6.89. The lowest BCUT2D eigenvalue weighted by Crippen LogP contribution is -2.66. The van der Waals surface area contributed by atoms with Crippen molar-refractivity contribution in [2.75, 3.05) is 6.61 Å². The van der Waals surface area contributed by atoms with E-state index in [9.17, 15) is 0 Å². The zero-order valence-electron chi connectivity index (χ0n) is 23.1. The van der Waals surface area contributed by atoms with Crippen molar-refractivity contribution in [1.29, 1.82) is 0 Å². The third-order valence-electron chi connectivity index (χ3n) is 8.48. The van der Waals surface area contributed by atoms with Crippen LogP contribution < -0.4 is 10.4 Å². The van der Waals surface area contributed by atoms with Gasteiger partial charge in [-0.25, -0.2) is 0 Å². The third-order valence-corrected chi connectivity index (χ3v) is 20.8. The highest BCUT2D eigenvalue weighted by atomic mass is 28.4. The van der Waals surface area contributed by atoms with Crippen LogP contribution in [0.15, 0.2) is 60.7 Å². The van der Waals surface area contributed by atoms with Crippen molar-refractivity contribution < 1.29 is 9.16 Å². The fraction of sp³-hybridized carbons (Fsp3) is 0.600. The lowest BCUT2D eigenvalue weighted by atomic mass is 10.1. The van der Waals surface area contributed by atoms with Crippen molar-refractivity contribution in [3.8, 4) is 0 Å². The Morgan fingerprint density at radius 2 is 1.18 bits per heavy atom. The van der Waals surface area contributed by atoms with E-state index in [-0.39, 0.29) is 11.1 Å². The molecule has 0 aromatic heterocycles. The summed E-state index contributed by atoms with van der Waals surface area (Å²) in [6.07, 6.45) is 1.67. The van der Waals surface area contributed by atoms with Gasteiger partial charge >= 0.3 is 0 Å². The topological polar surface area (TPSA) is 18.5 Å². The molecule has 1 fully saturated rings. The number of benzene rings is 2. The minimum Gasteiger partial charge on any atom is -0.413 e. The Morgan fingerprint density at radius 3 is 1.53 bits per heavy atom.